The molecule has 0 aromatic carbocycles. The molecule has 0 radical (unpaired) electrons. The van der Waals surface area contributed by atoms with Gasteiger partial charge in [-0.3, -0.25) is 0 Å². The maximum Gasteiger partial charge on any atom is 0.320 e. The number of urea groups is 1. The van der Waals surface area contributed by atoms with Crippen LogP contribution in [0.4, 0.5) is 10.7 Å². The van der Waals surface area contributed by atoms with Crippen LogP contribution in [-0.2, 0) is 0 Å². The Balaban J connectivity index is 1.49. The van der Waals surface area contributed by atoms with Gasteiger partial charge in [-0.15, -0.1) is 10.2 Å². The van der Waals surface area contributed by atoms with Gasteiger partial charge in [-0.25, -0.2) is 4.79 Å². The van der Waals surface area contributed by atoms with E-state index < -0.39 is 0 Å². The zero-order valence-electron chi connectivity index (χ0n) is 13.2. The van der Waals surface area contributed by atoms with Gasteiger partial charge in [0.25, 0.3) is 0 Å². The molecular weight excluding hydrogens is 330 g/mol. The van der Waals surface area contributed by atoms with Crippen LogP contribution in [0.25, 0.3) is 0 Å². The van der Waals surface area contributed by atoms with Crippen molar-refractivity contribution in [2.45, 2.75) is 37.8 Å². The van der Waals surface area contributed by atoms with Gasteiger partial charge in [-0.2, -0.15) is 10.2 Å². The first-order chi connectivity index (χ1) is 11.7. The molecule has 1 aromatic heterocycles. The SMILES string of the molecule is N#Cc1nnc(N2CCCC(N3CC4CCCN4C3=O)C2)nc1Cl. The summed E-state index contributed by atoms with van der Waals surface area (Å²) in [6.07, 6.45) is 4.17. The highest BCUT2D eigenvalue weighted by Crippen LogP contribution is 2.30. The quantitative estimate of drug-likeness (QED) is 0.800. The highest BCUT2D eigenvalue weighted by molar-refractivity contribution is 6.30. The Hall–Kier alpha value is -2.14. The summed E-state index contributed by atoms with van der Waals surface area (Å²) in [5, 5.41) is 16.8. The smallest absolute Gasteiger partial charge is 0.320 e. The number of rotatable bonds is 2. The molecule has 2 atom stereocenters. The molecule has 9 heteroatoms. The second-order valence-corrected chi connectivity index (χ2v) is 6.89. The van der Waals surface area contributed by atoms with Gasteiger partial charge in [0, 0.05) is 26.2 Å². The van der Waals surface area contributed by atoms with Crippen molar-refractivity contribution in [1.82, 2.24) is 25.0 Å². The Morgan fingerprint density at radius 3 is 2.54 bits per heavy atom. The number of hydrogen-bond acceptors (Lipinski definition) is 6. The highest BCUT2D eigenvalue weighted by atomic mass is 35.5. The summed E-state index contributed by atoms with van der Waals surface area (Å²) in [7, 11) is 0. The van der Waals surface area contributed by atoms with Gasteiger partial charge in [0.2, 0.25) is 5.95 Å². The highest BCUT2D eigenvalue weighted by Gasteiger charge is 2.43. The van der Waals surface area contributed by atoms with E-state index in [2.05, 4.69) is 15.2 Å². The summed E-state index contributed by atoms with van der Waals surface area (Å²) in [5.41, 5.74) is 0.0318. The number of hydrogen-bond donors (Lipinski definition) is 0. The number of carbonyl (C=O) groups excluding carboxylic acids is 1. The van der Waals surface area contributed by atoms with Crippen molar-refractivity contribution < 1.29 is 4.79 Å². The molecule has 3 fully saturated rings. The second kappa shape index (κ2) is 6.06. The standard InChI is InChI=1S/C15H18ClN7O/c16-13-12(7-17)19-20-14(18-13)21-5-1-3-10(8-21)23-9-11-4-2-6-22(11)15(23)24/h10-11H,1-6,8-9H2. The average molecular weight is 348 g/mol. The molecular formula is C15H18ClN7O. The molecule has 126 valence electrons. The van der Waals surface area contributed by atoms with Crippen molar-refractivity contribution in [3.63, 3.8) is 0 Å². The number of nitriles is 1. The Bertz CT molecular complexity index is 706. The molecule has 2 unspecified atom stereocenters. The van der Waals surface area contributed by atoms with Crippen molar-refractivity contribution in [3.8, 4) is 6.07 Å². The van der Waals surface area contributed by atoms with Crippen molar-refractivity contribution in [2.75, 3.05) is 31.1 Å². The van der Waals surface area contributed by atoms with Gasteiger partial charge in [0.05, 0.1) is 12.1 Å². The average Bonchev–Trinajstić information content (AvgIpc) is 3.18. The third-order valence-electron chi connectivity index (χ3n) is 5.14. The topological polar surface area (TPSA) is 89.3 Å². The lowest BCUT2D eigenvalue weighted by Gasteiger charge is -2.37. The van der Waals surface area contributed by atoms with Crippen molar-refractivity contribution in [3.05, 3.63) is 10.8 Å². The molecule has 4 heterocycles. The Kier molecular flexibility index (Phi) is 3.88. The first-order valence-corrected chi connectivity index (χ1v) is 8.67. The maximum atomic E-state index is 12.6. The second-order valence-electron chi connectivity index (χ2n) is 6.53. The zero-order valence-corrected chi connectivity index (χ0v) is 14.0. The molecule has 3 saturated heterocycles. The van der Waals surface area contributed by atoms with Gasteiger partial charge < -0.3 is 14.7 Å². The lowest BCUT2D eigenvalue weighted by atomic mass is 10.0. The fraction of sp³-hybridized carbons (Fsp3) is 0.667. The van der Waals surface area contributed by atoms with Gasteiger partial charge in [0.15, 0.2) is 10.8 Å². The molecule has 0 aliphatic carbocycles. The summed E-state index contributed by atoms with van der Waals surface area (Å²) >= 11 is 5.97. The van der Waals surface area contributed by atoms with Crippen LogP contribution >= 0.6 is 11.6 Å². The lowest BCUT2D eigenvalue weighted by molar-refractivity contribution is 0.172. The van der Waals surface area contributed by atoms with Gasteiger partial charge in [0.1, 0.15) is 6.07 Å². The Morgan fingerprint density at radius 2 is 1.83 bits per heavy atom. The van der Waals surface area contributed by atoms with E-state index in [1.165, 1.54) is 0 Å². The summed E-state index contributed by atoms with van der Waals surface area (Å²) in [5.74, 6) is 0.427. The van der Waals surface area contributed by atoms with E-state index >= 15 is 0 Å². The number of amides is 2. The number of carbonyl (C=O) groups is 1. The fourth-order valence-corrected chi connectivity index (χ4v) is 4.10. The van der Waals surface area contributed by atoms with E-state index in [0.29, 0.717) is 18.5 Å². The van der Waals surface area contributed by atoms with Crippen molar-refractivity contribution in [2.24, 2.45) is 0 Å². The summed E-state index contributed by atoms with van der Waals surface area (Å²) in [6.45, 7) is 3.19. The zero-order chi connectivity index (χ0) is 16.7. The van der Waals surface area contributed by atoms with Crippen molar-refractivity contribution in [1.29, 1.82) is 5.26 Å². The van der Waals surface area contributed by atoms with E-state index in [1.807, 2.05) is 20.8 Å². The van der Waals surface area contributed by atoms with Gasteiger partial charge in [-0.05, 0) is 25.7 Å². The predicted octanol–water partition coefficient (Wildman–Crippen LogP) is 1.27. The van der Waals surface area contributed by atoms with Crippen LogP contribution in [0.15, 0.2) is 0 Å². The molecule has 0 bridgehead atoms. The van der Waals surface area contributed by atoms with E-state index in [1.54, 1.807) is 0 Å². The van der Waals surface area contributed by atoms with Crippen LogP contribution in [0.2, 0.25) is 5.15 Å². The number of anilines is 1. The summed E-state index contributed by atoms with van der Waals surface area (Å²) in [6, 6.07) is 2.58. The molecule has 0 spiro atoms. The van der Waals surface area contributed by atoms with Crippen LogP contribution in [-0.4, -0.2) is 69.3 Å². The number of nitrogens with zero attached hydrogens (tertiary/aromatic N) is 7. The van der Waals surface area contributed by atoms with Crippen LogP contribution < -0.4 is 4.90 Å². The largest absolute Gasteiger partial charge is 0.337 e. The first kappa shape index (κ1) is 15.4. The third kappa shape index (κ3) is 2.53. The Morgan fingerprint density at radius 1 is 1.08 bits per heavy atom. The van der Waals surface area contributed by atoms with E-state index in [-0.39, 0.29) is 22.9 Å². The molecule has 2 amide bonds. The van der Waals surface area contributed by atoms with Crippen LogP contribution in [0.1, 0.15) is 31.4 Å². The molecule has 1 aromatic rings. The Labute approximate surface area is 145 Å². The molecule has 0 saturated carbocycles. The minimum absolute atomic E-state index is 0.0318. The maximum absolute atomic E-state index is 12.6. The van der Waals surface area contributed by atoms with Gasteiger partial charge >= 0.3 is 6.03 Å². The number of piperidine rings is 1. The van der Waals surface area contributed by atoms with Crippen molar-refractivity contribution >= 4 is 23.6 Å². The molecule has 3 aliphatic rings. The van der Waals surface area contributed by atoms with Crippen LogP contribution in [0.5, 0.6) is 0 Å². The number of halogens is 1. The molecule has 3 aliphatic heterocycles. The van der Waals surface area contributed by atoms with E-state index in [0.717, 1.165) is 45.3 Å². The number of fused-ring (bicyclic) bond motifs is 1. The molecule has 4 rings (SSSR count). The van der Waals surface area contributed by atoms with E-state index in [9.17, 15) is 4.79 Å². The molecule has 8 nitrogen and oxygen atoms in total. The van der Waals surface area contributed by atoms with Gasteiger partial charge in [-0.1, -0.05) is 11.6 Å². The fourth-order valence-electron chi connectivity index (χ4n) is 3.95. The summed E-state index contributed by atoms with van der Waals surface area (Å²) in [4.78, 5) is 22.8. The van der Waals surface area contributed by atoms with Crippen LogP contribution in [0, 0.1) is 11.3 Å². The minimum Gasteiger partial charge on any atom is -0.337 e. The minimum atomic E-state index is 0.0318. The third-order valence-corrected chi connectivity index (χ3v) is 5.40. The predicted molar refractivity (Wildman–Crippen MR) is 86.6 cm³/mol. The lowest BCUT2D eigenvalue weighted by Crippen LogP contribution is -2.50. The monoisotopic (exact) mass is 347 g/mol. The molecule has 24 heavy (non-hydrogen) atoms. The van der Waals surface area contributed by atoms with E-state index in [4.69, 9.17) is 16.9 Å². The summed E-state index contributed by atoms with van der Waals surface area (Å²) < 4.78 is 0. The molecule has 0 N–H and O–H groups in total. The normalized spacial score (nSPS) is 26.7. The first-order valence-electron chi connectivity index (χ1n) is 8.30. The van der Waals surface area contributed by atoms with Crippen LogP contribution in [0.3, 0.4) is 0 Å². The number of aromatic nitrogens is 3.